The number of amides is 1. The van der Waals surface area contributed by atoms with Crippen LogP contribution in [0.4, 0.5) is 4.79 Å². The Hall–Kier alpha value is -4.67. The Morgan fingerprint density at radius 3 is 2.12 bits per heavy atom. The lowest BCUT2D eigenvalue weighted by atomic mass is 9.44. The topological polar surface area (TPSA) is 213 Å². The fourth-order valence-corrected chi connectivity index (χ4v) is 9.88. The number of hydrogen-bond donors (Lipinski definition) is 4. The van der Waals surface area contributed by atoms with Gasteiger partial charge in [0, 0.05) is 32.3 Å². The molecule has 1 saturated heterocycles. The summed E-state index contributed by atoms with van der Waals surface area (Å²) in [6, 6.07) is 14.8. The highest BCUT2D eigenvalue weighted by Gasteiger charge is 2.78. The summed E-state index contributed by atoms with van der Waals surface area (Å²) in [5.74, 6) is -4.98. The fraction of sp³-hybridized carbons (Fsp3) is 0.568. The van der Waals surface area contributed by atoms with Crippen molar-refractivity contribution in [1.29, 1.82) is 0 Å². The molecule has 2 saturated carbocycles. The van der Waals surface area contributed by atoms with E-state index in [4.69, 9.17) is 28.4 Å². The number of Topliss-reactive ketones (excluding diaryl/α,β-unsaturated/α-hetero) is 1. The zero-order chi connectivity index (χ0) is 43.5. The van der Waals surface area contributed by atoms with E-state index in [2.05, 4.69) is 5.32 Å². The fourth-order valence-electron chi connectivity index (χ4n) is 9.88. The first kappa shape index (κ1) is 43.9. The Morgan fingerprint density at radius 2 is 1.58 bits per heavy atom. The minimum atomic E-state index is -2.30. The molecule has 11 atom stereocenters. The number of ether oxygens (including phenoxy) is 6. The monoisotopic (exact) mass is 821 g/mol. The van der Waals surface area contributed by atoms with E-state index in [0.717, 1.165) is 0 Å². The van der Waals surface area contributed by atoms with Crippen LogP contribution in [-0.2, 0) is 42.8 Å². The molecule has 0 spiro atoms. The van der Waals surface area contributed by atoms with Crippen LogP contribution in [0.2, 0.25) is 0 Å². The van der Waals surface area contributed by atoms with Gasteiger partial charge in [0.2, 0.25) is 0 Å². The third-order valence-corrected chi connectivity index (χ3v) is 12.8. The molecule has 2 bridgehead atoms. The van der Waals surface area contributed by atoms with E-state index in [9.17, 15) is 34.5 Å². The molecule has 59 heavy (non-hydrogen) atoms. The van der Waals surface area contributed by atoms with E-state index in [1.54, 1.807) is 97.0 Å². The molecule has 2 aromatic rings. The number of alkyl carbamates (subject to hydrolysis) is 1. The van der Waals surface area contributed by atoms with E-state index < -0.39 is 112 Å². The number of carbonyl (C=O) groups excluding carboxylic acids is 5. The first-order chi connectivity index (χ1) is 27.5. The van der Waals surface area contributed by atoms with Gasteiger partial charge in [-0.1, -0.05) is 62.4 Å². The van der Waals surface area contributed by atoms with Crippen LogP contribution >= 0.6 is 0 Å². The van der Waals surface area contributed by atoms with E-state index in [1.807, 2.05) is 0 Å². The molecule has 1 heterocycles. The number of esters is 3. The molecule has 0 unspecified atom stereocenters. The zero-order valence-corrected chi connectivity index (χ0v) is 34.8. The van der Waals surface area contributed by atoms with Crippen molar-refractivity contribution in [3.05, 3.63) is 82.9 Å². The normalized spacial score (nSPS) is 33.3. The molecule has 320 valence electrons. The van der Waals surface area contributed by atoms with Crippen molar-refractivity contribution in [3.63, 3.8) is 0 Å². The molecule has 0 aromatic heterocycles. The molecule has 15 nitrogen and oxygen atoms in total. The Bertz CT molecular complexity index is 1990. The van der Waals surface area contributed by atoms with Gasteiger partial charge in [-0.25, -0.2) is 14.4 Å². The van der Waals surface area contributed by atoms with Gasteiger partial charge in [0.1, 0.15) is 35.6 Å². The Morgan fingerprint density at radius 1 is 0.966 bits per heavy atom. The standard InChI is InChI=1S/C44H55NO14/c1-23-27(56-38(51)33(48)31(25-16-12-10-13-17-25)45-39(52)59-40(3,4)5)21-44(53)36(57-37(50)26-18-14-11-15-19-26)34-42(8,35(49)32(47)30(23)41(44,6)7)28(54-9)20-29-43(34,22-55-29)58-24(2)46/h10-19,27-29,31-34,36,47-48,53H,20-22H2,1-9H3,(H,45,52)/t27-,28-,29+,31-,32+,33+,34-,36-,42+,43-,44+/m0/s1. The van der Waals surface area contributed by atoms with Crippen molar-refractivity contribution in [2.75, 3.05) is 13.7 Å². The highest BCUT2D eigenvalue weighted by Crippen LogP contribution is 2.64. The van der Waals surface area contributed by atoms with Gasteiger partial charge < -0.3 is 49.1 Å². The van der Waals surface area contributed by atoms with Crippen molar-refractivity contribution in [1.82, 2.24) is 5.32 Å². The van der Waals surface area contributed by atoms with Gasteiger partial charge in [-0.05, 0) is 63.5 Å². The number of ketones is 1. The molecule has 4 N–H and O–H groups in total. The second-order valence-corrected chi connectivity index (χ2v) is 17.8. The van der Waals surface area contributed by atoms with Crippen LogP contribution in [-0.4, -0.2) is 112 Å². The van der Waals surface area contributed by atoms with Gasteiger partial charge >= 0.3 is 24.0 Å². The van der Waals surface area contributed by atoms with Gasteiger partial charge in [-0.2, -0.15) is 0 Å². The maximum atomic E-state index is 15.2. The summed E-state index contributed by atoms with van der Waals surface area (Å²) in [4.78, 5) is 69.4. The number of benzene rings is 2. The summed E-state index contributed by atoms with van der Waals surface area (Å²) in [5, 5.41) is 40.1. The van der Waals surface area contributed by atoms with Crippen molar-refractivity contribution in [3.8, 4) is 0 Å². The van der Waals surface area contributed by atoms with E-state index in [0.29, 0.717) is 5.56 Å². The molecule has 1 aliphatic heterocycles. The zero-order valence-electron chi connectivity index (χ0n) is 34.8. The quantitative estimate of drug-likeness (QED) is 0.161. The Labute approximate surface area is 343 Å². The molecular formula is C44H55NO14. The summed E-state index contributed by atoms with van der Waals surface area (Å²) in [6.07, 6.45) is -10.3. The summed E-state index contributed by atoms with van der Waals surface area (Å²) in [5.41, 5.74) is -7.57. The number of fused-ring (bicyclic) bond motifs is 5. The average molecular weight is 822 g/mol. The van der Waals surface area contributed by atoms with Crippen molar-refractivity contribution in [2.24, 2.45) is 16.7 Å². The van der Waals surface area contributed by atoms with Gasteiger partial charge in [0.15, 0.2) is 17.5 Å². The van der Waals surface area contributed by atoms with Crippen LogP contribution in [0.25, 0.3) is 0 Å². The number of aliphatic hydroxyl groups excluding tert-OH is 2. The average Bonchev–Trinajstić information content (AvgIpc) is 3.16. The minimum Gasteiger partial charge on any atom is -0.456 e. The largest absolute Gasteiger partial charge is 0.456 e. The number of hydrogen-bond acceptors (Lipinski definition) is 14. The van der Waals surface area contributed by atoms with Crippen LogP contribution in [0.5, 0.6) is 0 Å². The summed E-state index contributed by atoms with van der Waals surface area (Å²) in [6.45, 7) is 12.2. The molecule has 3 fully saturated rings. The molecule has 0 radical (unpaired) electrons. The summed E-state index contributed by atoms with van der Waals surface area (Å²) >= 11 is 0. The first-order valence-corrected chi connectivity index (χ1v) is 19.7. The molecule has 1 amide bonds. The van der Waals surface area contributed by atoms with Crippen molar-refractivity contribution in [2.45, 2.75) is 128 Å². The summed E-state index contributed by atoms with van der Waals surface area (Å²) in [7, 11) is 1.39. The number of rotatable bonds is 9. The lowest BCUT2D eigenvalue weighted by molar-refractivity contribution is -0.347. The third kappa shape index (κ3) is 7.45. The molecular weight excluding hydrogens is 766 g/mol. The first-order valence-electron chi connectivity index (χ1n) is 19.7. The molecule has 6 rings (SSSR count). The van der Waals surface area contributed by atoms with Gasteiger partial charge in [0.05, 0.1) is 35.6 Å². The maximum Gasteiger partial charge on any atom is 0.408 e. The Balaban J connectivity index is 1.50. The second kappa shape index (κ2) is 15.7. The molecule has 3 aliphatic carbocycles. The highest BCUT2D eigenvalue weighted by atomic mass is 16.6. The van der Waals surface area contributed by atoms with Crippen molar-refractivity contribution < 1.29 is 67.7 Å². The Kier molecular flexibility index (Phi) is 11.7. The van der Waals surface area contributed by atoms with Crippen molar-refractivity contribution >= 4 is 29.8 Å². The second-order valence-electron chi connectivity index (χ2n) is 17.8. The van der Waals surface area contributed by atoms with Crippen LogP contribution < -0.4 is 5.32 Å². The number of nitrogens with one attached hydrogen (secondary N) is 1. The SMILES string of the molecule is CO[C@H]1C[C@H]2OC[C@@]2(OC(C)=O)[C@H]2[C@H](OC(=O)c3ccccc3)[C@]3(O)C[C@H](OC(=O)[C@H](O)[C@@H](NC(=O)OC(C)(C)C)c4ccccc4)C(C)=C([C@@H](O)C(=O)[C@]12C)C3(C)C. The van der Waals surface area contributed by atoms with Gasteiger partial charge in [-0.3, -0.25) is 9.59 Å². The van der Waals surface area contributed by atoms with E-state index in [1.165, 1.54) is 26.2 Å². The van der Waals surface area contributed by atoms with Gasteiger partial charge in [-0.15, -0.1) is 0 Å². The maximum absolute atomic E-state index is 15.2. The predicted molar refractivity (Wildman–Crippen MR) is 208 cm³/mol. The summed E-state index contributed by atoms with van der Waals surface area (Å²) < 4.78 is 35.9. The van der Waals surface area contributed by atoms with E-state index in [-0.39, 0.29) is 29.7 Å². The van der Waals surface area contributed by atoms with Gasteiger partial charge in [0.25, 0.3) is 0 Å². The number of methoxy groups -OCH3 is 1. The molecule has 2 aromatic carbocycles. The minimum absolute atomic E-state index is 0.00108. The van der Waals surface area contributed by atoms with Crippen LogP contribution in [0.3, 0.4) is 0 Å². The van der Waals surface area contributed by atoms with Crippen LogP contribution in [0, 0.1) is 16.7 Å². The number of aliphatic hydroxyl groups is 3. The van der Waals surface area contributed by atoms with E-state index >= 15 is 4.79 Å². The van der Waals surface area contributed by atoms with Crippen LogP contribution in [0.15, 0.2) is 71.8 Å². The molecule has 4 aliphatic rings. The third-order valence-electron chi connectivity index (χ3n) is 12.8. The molecule has 15 heteroatoms. The highest BCUT2D eigenvalue weighted by molar-refractivity contribution is 5.94. The lowest BCUT2D eigenvalue weighted by Gasteiger charge is -2.67. The smallest absolute Gasteiger partial charge is 0.408 e. The lowest BCUT2D eigenvalue weighted by Crippen LogP contribution is -2.82. The van der Waals surface area contributed by atoms with Crippen LogP contribution in [0.1, 0.15) is 90.2 Å². The predicted octanol–water partition coefficient (Wildman–Crippen LogP) is 3.91. The number of carbonyl (C=O) groups is 5.